The summed E-state index contributed by atoms with van der Waals surface area (Å²) in [6, 6.07) is 2.88. The molecule has 1 fully saturated rings. The van der Waals surface area contributed by atoms with Crippen molar-refractivity contribution >= 4 is 16.0 Å². The van der Waals surface area contributed by atoms with Crippen LogP contribution in [0.5, 0.6) is 5.75 Å². The van der Waals surface area contributed by atoms with E-state index < -0.39 is 22.6 Å². The first kappa shape index (κ1) is 20.7. The van der Waals surface area contributed by atoms with Crippen molar-refractivity contribution in [2.24, 2.45) is 0 Å². The van der Waals surface area contributed by atoms with E-state index in [1.54, 1.807) is 33.1 Å². The summed E-state index contributed by atoms with van der Waals surface area (Å²) < 4.78 is 38.9. The van der Waals surface area contributed by atoms with Crippen LogP contribution in [-0.2, 0) is 19.6 Å². The van der Waals surface area contributed by atoms with E-state index in [4.69, 9.17) is 14.6 Å². The molecule has 1 aliphatic heterocycles. The Morgan fingerprint density at radius 2 is 1.88 bits per heavy atom. The smallest absolute Gasteiger partial charge is 0.329 e. The molecular weight excluding hydrogens is 358 g/mol. The maximum atomic E-state index is 13.5. The van der Waals surface area contributed by atoms with Gasteiger partial charge in [-0.05, 0) is 56.9 Å². The number of piperidine rings is 1. The molecule has 2 rings (SSSR count). The van der Waals surface area contributed by atoms with Crippen molar-refractivity contribution in [1.82, 2.24) is 4.31 Å². The van der Waals surface area contributed by atoms with Crippen LogP contribution in [-0.4, -0.2) is 56.2 Å². The molecule has 1 N–H and O–H groups in total. The zero-order valence-corrected chi connectivity index (χ0v) is 16.5. The normalized spacial score (nSPS) is 21.5. The van der Waals surface area contributed by atoms with Gasteiger partial charge in [-0.15, -0.1) is 0 Å². The lowest BCUT2D eigenvalue weighted by Crippen LogP contribution is -2.51. The van der Waals surface area contributed by atoms with Crippen LogP contribution >= 0.6 is 0 Å². The predicted molar refractivity (Wildman–Crippen MR) is 97.0 cm³/mol. The fourth-order valence-electron chi connectivity index (χ4n) is 3.68. The van der Waals surface area contributed by atoms with E-state index in [9.17, 15) is 13.2 Å². The van der Waals surface area contributed by atoms with Crippen molar-refractivity contribution < 1.29 is 27.8 Å². The summed E-state index contributed by atoms with van der Waals surface area (Å²) in [5.74, 6) is -0.447. The molecule has 0 amide bonds. The zero-order valence-electron chi connectivity index (χ0n) is 15.7. The first-order chi connectivity index (χ1) is 12.2. The maximum Gasteiger partial charge on any atom is 0.329 e. The van der Waals surface area contributed by atoms with Crippen LogP contribution in [0.1, 0.15) is 37.3 Å². The van der Waals surface area contributed by atoms with Crippen LogP contribution < -0.4 is 4.74 Å². The Bertz CT molecular complexity index is 738. The number of carboxylic acid groups (broad SMARTS) is 1. The molecule has 1 aromatic rings. The molecule has 0 spiro atoms. The zero-order chi connectivity index (χ0) is 19.5. The molecule has 146 valence electrons. The van der Waals surface area contributed by atoms with Crippen LogP contribution in [0.15, 0.2) is 17.0 Å². The molecule has 0 aliphatic carbocycles. The molecule has 0 aromatic heterocycles. The summed E-state index contributed by atoms with van der Waals surface area (Å²) in [5.41, 5.74) is 1.26. The Kier molecular flexibility index (Phi) is 6.65. The molecule has 7 nitrogen and oxygen atoms in total. The minimum absolute atomic E-state index is 0.0735. The van der Waals surface area contributed by atoms with Gasteiger partial charge >= 0.3 is 5.97 Å². The maximum absolute atomic E-state index is 13.5. The molecule has 1 saturated heterocycles. The standard InChI is InChI=1S/C18H27NO6S/c1-12-8-16(24-4)9-13(2)18(12)26(22,23)19-14(3)6-5-7-15(19)10-25-11-17(20)21/h8-9,14-15H,5-7,10-11H2,1-4H3,(H,20,21). The Morgan fingerprint density at radius 1 is 1.27 bits per heavy atom. The predicted octanol–water partition coefficient (Wildman–Crippen LogP) is 2.34. The molecule has 26 heavy (non-hydrogen) atoms. The van der Waals surface area contributed by atoms with Crippen molar-refractivity contribution in [1.29, 1.82) is 0 Å². The monoisotopic (exact) mass is 385 g/mol. The third kappa shape index (κ3) is 4.36. The van der Waals surface area contributed by atoms with E-state index in [1.807, 2.05) is 6.92 Å². The van der Waals surface area contributed by atoms with E-state index in [0.717, 1.165) is 12.8 Å². The minimum atomic E-state index is -3.75. The van der Waals surface area contributed by atoms with Gasteiger partial charge in [-0.25, -0.2) is 13.2 Å². The first-order valence-corrected chi connectivity index (χ1v) is 10.1. The van der Waals surface area contributed by atoms with Gasteiger partial charge in [-0.1, -0.05) is 6.42 Å². The van der Waals surface area contributed by atoms with Gasteiger partial charge in [0.2, 0.25) is 10.0 Å². The molecule has 0 radical (unpaired) electrons. The Morgan fingerprint density at radius 3 is 2.42 bits per heavy atom. The third-order valence-corrected chi connectivity index (χ3v) is 7.07. The van der Waals surface area contributed by atoms with Gasteiger partial charge in [0.25, 0.3) is 0 Å². The summed E-state index contributed by atoms with van der Waals surface area (Å²) in [6.07, 6.45) is 2.30. The molecule has 8 heteroatoms. The summed E-state index contributed by atoms with van der Waals surface area (Å²) >= 11 is 0. The summed E-state index contributed by atoms with van der Waals surface area (Å²) in [6.45, 7) is 5.04. The molecule has 1 heterocycles. The number of carboxylic acids is 1. The molecule has 2 atom stereocenters. The fraction of sp³-hybridized carbons (Fsp3) is 0.611. The van der Waals surface area contributed by atoms with Gasteiger partial charge in [0.1, 0.15) is 12.4 Å². The number of hydrogen-bond acceptors (Lipinski definition) is 5. The van der Waals surface area contributed by atoms with Crippen LogP contribution in [0.3, 0.4) is 0 Å². The second-order valence-corrected chi connectivity index (χ2v) is 8.55. The molecule has 0 bridgehead atoms. The number of aryl methyl sites for hydroxylation is 2. The summed E-state index contributed by atoms with van der Waals surface area (Å²) in [7, 11) is -2.20. The van der Waals surface area contributed by atoms with Crippen molar-refractivity contribution in [3.63, 3.8) is 0 Å². The van der Waals surface area contributed by atoms with E-state index in [1.165, 1.54) is 4.31 Å². The minimum Gasteiger partial charge on any atom is -0.497 e. The number of methoxy groups -OCH3 is 1. The lowest BCUT2D eigenvalue weighted by atomic mass is 10.0. The average Bonchev–Trinajstić information content (AvgIpc) is 2.53. The average molecular weight is 385 g/mol. The first-order valence-electron chi connectivity index (χ1n) is 8.66. The van der Waals surface area contributed by atoms with Gasteiger partial charge in [-0.2, -0.15) is 4.31 Å². The number of benzene rings is 1. The van der Waals surface area contributed by atoms with E-state index in [0.29, 0.717) is 23.3 Å². The van der Waals surface area contributed by atoms with Crippen molar-refractivity contribution in [3.05, 3.63) is 23.3 Å². The second kappa shape index (κ2) is 8.37. The largest absolute Gasteiger partial charge is 0.497 e. The fourth-order valence-corrected chi connectivity index (χ4v) is 5.96. The highest BCUT2D eigenvalue weighted by atomic mass is 32.2. The Hall–Kier alpha value is -1.64. The Balaban J connectivity index is 2.38. The number of sulfonamides is 1. The quantitative estimate of drug-likeness (QED) is 0.774. The van der Waals surface area contributed by atoms with Gasteiger partial charge in [0.15, 0.2) is 0 Å². The molecular formula is C18H27NO6S. The number of hydrogen-bond donors (Lipinski definition) is 1. The molecule has 2 unspecified atom stereocenters. The van der Waals surface area contributed by atoms with Crippen LogP contribution in [0.4, 0.5) is 0 Å². The number of ether oxygens (including phenoxy) is 2. The highest BCUT2D eigenvalue weighted by Crippen LogP contribution is 2.34. The van der Waals surface area contributed by atoms with Gasteiger partial charge in [-0.3, -0.25) is 0 Å². The number of rotatable bonds is 7. The van der Waals surface area contributed by atoms with E-state index in [-0.39, 0.29) is 23.6 Å². The third-order valence-electron chi connectivity index (χ3n) is 4.69. The highest BCUT2D eigenvalue weighted by Gasteiger charge is 2.39. The molecule has 0 saturated carbocycles. The van der Waals surface area contributed by atoms with Crippen LogP contribution in [0, 0.1) is 13.8 Å². The van der Waals surface area contributed by atoms with Gasteiger partial charge in [0.05, 0.1) is 18.6 Å². The molecule has 1 aromatic carbocycles. The van der Waals surface area contributed by atoms with E-state index >= 15 is 0 Å². The highest BCUT2D eigenvalue weighted by molar-refractivity contribution is 7.89. The number of aliphatic carboxylic acids is 1. The lowest BCUT2D eigenvalue weighted by molar-refractivity contribution is -0.142. The topological polar surface area (TPSA) is 93.1 Å². The van der Waals surface area contributed by atoms with Crippen molar-refractivity contribution in [2.45, 2.75) is 57.0 Å². The second-order valence-electron chi connectivity index (χ2n) is 6.77. The van der Waals surface area contributed by atoms with Crippen molar-refractivity contribution in [3.8, 4) is 5.75 Å². The van der Waals surface area contributed by atoms with Gasteiger partial charge < -0.3 is 14.6 Å². The lowest BCUT2D eigenvalue weighted by Gasteiger charge is -2.39. The van der Waals surface area contributed by atoms with Crippen LogP contribution in [0.25, 0.3) is 0 Å². The number of nitrogens with zero attached hydrogens (tertiary/aromatic N) is 1. The summed E-state index contributed by atoms with van der Waals surface area (Å²) in [5, 5.41) is 8.75. The molecule has 1 aliphatic rings. The number of carbonyl (C=O) groups is 1. The Labute approximate surface area is 155 Å². The van der Waals surface area contributed by atoms with Crippen molar-refractivity contribution in [2.75, 3.05) is 20.3 Å². The SMILES string of the molecule is COc1cc(C)c(S(=O)(=O)N2C(C)CCCC2COCC(=O)O)c(C)c1. The van der Waals surface area contributed by atoms with Gasteiger partial charge in [0, 0.05) is 12.1 Å². The van der Waals surface area contributed by atoms with Crippen LogP contribution in [0.2, 0.25) is 0 Å². The van der Waals surface area contributed by atoms with E-state index in [2.05, 4.69) is 0 Å². The summed E-state index contributed by atoms with van der Waals surface area (Å²) in [4.78, 5) is 11.0.